The summed E-state index contributed by atoms with van der Waals surface area (Å²) in [7, 11) is 0. The number of nitrogens with two attached hydrogens (primary N) is 1. The van der Waals surface area contributed by atoms with Crippen molar-refractivity contribution in [1.82, 2.24) is 5.32 Å². The lowest BCUT2D eigenvalue weighted by Crippen LogP contribution is -2.41. The van der Waals surface area contributed by atoms with Gasteiger partial charge in [-0.3, -0.25) is 4.79 Å². The van der Waals surface area contributed by atoms with Gasteiger partial charge in [0.1, 0.15) is 0 Å². The molecule has 1 aromatic rings. The fraction of sp³-hybridized carbons (Fsp3) is 0.500. The molecular weight excluding hydrogens is 212 g/mol. The minimum atomic E-state index is -0.472. The van der Waals surface area contributed by atoms with Crippen LogP contribution in [-0.4, -0.2) is 11.9 Å². The van der Waals surface area contributed by atoms with Crippen molar-refractivity contribution in [1.29, 1.82) is 0 Å². The summed E-state index contributed by atoms with van der Waals surface area (Å²) in [6.45, 7) is 7.95. The van der Waals surface area contributed by atoms with Gasteiger partial charge in [-0.2, -0.15) is 0 Å². The number of benzene rings is 1. The van der Waals surface area contributed by atoms with Gasteiger partial charge in [0.15, 0.2) is 0 Å². The van der Waals surface area contributed by atoms with E-state index in [9.17, 15) is 4.79 Å². The minimum Gasteiger partial charge on any atom is -0.348 e. The molecule has 1 unspecified atom stereocenters. The van der Waals surface area contributed by atoms with E-state index in [1.54, 1.807) is 6.92 Å². The zero-order valence-corrected chi connectivity index (χ0v) is 11.0. The summed E-state index contributed by atoms with van der Waals surface area (Å²) in [4.78, 5) is 11.7. The van der Waals surface area contributed by atoms with Crippen LogP contribution in [0.5, 0.6) is 0 Å². The largest absolute Gasteiger partial charge is 0.348 e. The monoisotopic (exact) mass is 234 g/mol. The summed E-state index contributed by atoms with van der Waals surface area (Å²) >= 11 is 0. The Morgan fingerprint density at radius 1 is 1.24 bits per heavy atom. The van der Waals surface area contributed by atoms with Crippen molar-refractivity contribution in [2.75, 3.05) is 0 Å². The van der Waals surface area contributed by atoms with E-state index in [0.29, 0.717) is 5.92 Å². The predicted molar refractivity (Wildman–Crippen MR) is 70.6 cm³/mol. The summed E-state index contributed by atoms with van der Waals surface area (Å²) in [5, 5.41) is 3.01. The lowest BCUT2D eigenvalue weighted by Gasteiger charge is -2.25. The number of rotatable bonds is 4. The molecule has 0 saturated heterocycles. The molecular formula is C14H22N2O. The standard InChI is InChI=1S/C14H22N2O/c1-9(2)13(16-14(17)11(4)15)12-8-6-5-7-10(12)3/h5-9,11,13H,15H2,1-4H3,(H,16,17)/t11-,13?/m0/s1. The van der Waals surface area contributed by atoms with Gasteiger partial charge in [-0.05, 0) is 30.9 Å². The molecule has 0 aliphatic rings. The molecule has 3 N–H and O–H groups in total. The summed E-state index contributed by atoms with van der Waals surface area (Å²) < 4.78 is 0. The van der Waals surface area contributed by atoms with Gasteiger partial charge in [0.25, 0.3) is 0 Å². The molecule has 1 amide bonds. The van der Waals surface area contributed by atoms with Crippen LogP contribution >= 0.6 is 0 Å². The quantitative estimate of drug-likeness (QED) is 0.838. The fourth-order valence-corrected chi connectivity index (χ4v) is 1.82. The minimum absolute atomic E-state index is 0.0229. The second kappa shape index (κ2) is 5.82. The molecule has 3 heteroatoms. The molecule has 0 bridgehead atoms. The molecule has 0 aromatic heterocycles. The fourth-order valence-electron chi connectivity index (χ4n) is 1.82. The van der Waals surface area contributed by atoms with E-state index < -0.39 is 6.04 Å². The Labute approximate surface area is 103 Å². The lowest BCUT2D eigenvalue weighted by atomic mass is 9.92. The highest BCUT2D eigenvalue weighted by molar-refractivity contribution is 5.81. The van der Waals surface area contributed by atoms with Gasteiger partial charge in [-0.15, -0.1) is 0 Å². The summed E-state index contributed by atoms with van der Waals surface area (Å²) in [6.07, 6.45) is 0. The first-order chi connectivity index (χ1) is 7.93. The van der Waals surface area contributed by atoms with Crippen molar-refractivity contribution in [2.24, 2.45) is 11.7 Å². The van der Waals surface area contributed by atoms with Crippen LogP contribution < -0.4 is 11.1 Å². The molecule has 0 heterocycles. The lowest BCUT2D eigenvalue weighted by molar-refractivity contribution is -0.123. The first-order valence-electron chi connectivity index (χ1n) is 6.05. The third-order valence-corrected chi connectivity index (χ3v) is 2.90. The molecule has 94 valence electrons. The van der Waals surface area contributed by atoms with Crippen LogP contribution in [0, 0.1) is 12.8 Å². The van der Waals surface area contributed by atoms with Gasteiger partial charge >= 0.3 is 0 Å². The SMILES string of the molecule is Cc1ccccc1C(NC(=O)[C@H](C)N)C(C)C. The van der Waals surface area contributed by atoms with Crippen LogP contribution in [0.2, 0.25) is 0 Å². The number of hydrogen-bond donors (Lipinski definition) is 2. The van der Waals surface area contributed by atoms with Crippen LogP contribution in [0.25, 0.3) is 0 Å². The predicted octanol–water partition coefficient (Wildman–Crippen LogP) is 2.16. The van der Waals surface area contributed by atoms with Crippen molar-refractivity contribution in [3.8, 4) is 0 Å². The van der Waals surface area contributed by atoms with E-state index in [1.807, 2.05) is 12.1 Å². The van der Waals surface area contributed by atoms with Gasteiger partial charge < -0.3 is 11.1 Å². The maximum Gasteiger partial charge on any atom is 0.237 e. The molecule has 0 radical (unpaired) electrons. The van der Waals surface area contributed by atoms with Gasteiger partial charge in [0, 0.05) is 0 Å². The second-order valence-corrected chi connectivity index (χ2v) is 4.88. The highest BCUT2D eigenvalue weighted by Gasteiger charge is 2.20. The first kappa shape index (κ1) is 13.7. The van der Waals surface area contributed by atoms with Crippen molar-refractivity contribution in [3.63, 3.8) is 0 Å². The van der Waals surface area contributed by atoms with Gasteiger partial charge in [0.2, 0.25) is 5.91 Å². The zero-order chi connectivity index (χ0) is 13.0. The van der Waals surface area contributed by atoms with E-state index in [4.69, 9.17) is 5.73 Å². The molecule has 0 saturated carbocycles. The highest BCUT2D eigenvalue weighted by Crippen LogP contribution is 2.24. The van der Waals surface area contributed by atoms with Crippen LogP contribution in [0.1, 0.15) is 37.9 Å². The summed E-state index contributed by atoms with van der Waals surface area (Å²) in [6, 6.07) is 7.67. The molecule has 1 aromatic carbocycles. The normalized spacial score (nSPS) is 14.5. The van der Waals surface area contributed by atoms with Crippen LogP contribution in [0.15, 0.2) is 24.3 Å². The Morgan fingerprint density at radius 2 is 1.82 bits per heavy atom. The van der Waals surface area contributed by atoms with Gasteiger partial charge in [-0.1, -0.05) is 38.1 Å². The summed E-state index contributed by atoms with van der Waals surface area (Å²) in [5.74, 6) is 0.228. The maximum absolute atomic E-state index is 11.7. The maximum atomic E-state index is 11.7. The molecule has 0 spiro atoms. The van der Waals surface area contributed by atoms with E-state index >= 15 is 0 Å². The Bertz CT molecular complexity index is 386. The number of carbonyl (C=O) groups excluding carboxylic acids is 1. The van der Waals surface area contributed by atoms with E-state index in [1.165, 1.54) is 5.56 Å². The number of carbonyl (C=O) groups is 1. The summed E-state index contributed by atoms with van der Waals surface area (Å²) in [5.41, 5.74) is 7.94. The number of aryl methyl sites for hydroxylation is 1. The molecule has 0 fully saturated rings. The molecule has 17 heavy (non-hydrogen) atoms. The smallest absolute Gasteiger partial charge is 0.237 e. The zero-order valence-electron chi connectivity index (χ0n) is 11.0. The average molecular weight is 234 g/mol. The van der Waals surface area contributed by atoms with Crippen molar-refractivity contribution < 1.29 is 4.79 Å². The third kappa shape index (κ3) is 3.56. The Balaban J connectivity index is 2.95. The number of nitrogens with one attached hydrogen (secondary N) is 1. The van der Waals surface area contributed by atoms with Gasteiger partial charge in [-0.25, -0.2) is 0 Å². The molecule has 0 aliphatic carbocycles. The van der Waals surface area contributed by atoms with Crippen LogP contribution in [0.4, 0.5) is 0 Å². The Kier molecular flexibility index (Phi) is 4.70. The highest BCUT2D eigenvalue weighted by atomic mass is 16.2. The van der Waals surface area contributed by atoms with Crippen LogP contribution in [0.3, 0.4) is 0 Å². The van der Waals surface area contributed by atoms with Crippen molar-refractivity contribution >= 4 is 5.91 Å². The number of amides is 1. The molecule has 2 atom stereocenters. The van der Waals surface area contributed by atoms with Gasteiger partial charge in [0.05, 0.1) is 12.1 Å². The molecule has 3 nitrogen and oxygen atoms in total. The van der Waals surface area contributed by atoms with E-state index in [-0.39, 0.29) is 11.9 Å². The molecule has 1 rings (SSSR count). The Morgan fingerprint density at radius 3 is 2.29 bits per heavy atom. The Hall–Kier alpha value is -1.35. The van der Waals surface area contributed by atoms with Crippen LogP contribution in [-0.2, 0) is 4.79 Å². The number of hydrogen-bond acceptors (Lipinski definition) is 2. The van der Waals surface area contributed by atoms with E-state index in [2.05, 4.69) is 38.2 Å². The average Bonchev–Trinajstić information content (AvgIpc) is 2.26. The van der Waals surface area contributed by atoms with Crippen molar-refractivity contribution in [2.45, 2.75) is 39.8 Å². The topological polar surface area (TPSA) is 55.1 Å². The molecule has 0 aliphatic heterocycles. The third-order valence-electron chi connectivity index (χ3n) is 2.90. The second-order valence-electron chi connectivity index (χ2n) is 4.88. The van der Waals surface area contributed by atoms with E-state index in [0.717, 1.165) is 5.56 Å². The van der Waals surface area contributed by atoms with Crippen molar-refractivity contribution in [3.05, 3.63) is 35.4 Å². The first-order valence-corrected chi connectivity index (χ1v) is 6.05.